The number of pyridine rings is 2. The molecule has 2 aliphatic heterocycles. The Morgan fingerprint density at radius 1 is 0.544 bits per heavy atom. The number of ether oxygens (including phenoxy) is 4. The molecule has 18 heteroatoms. The van der Waals surface area contributed by atoms with E-state index in [1.807, 2.05) is 36.4 Å². The molecule has 2 amide bonds. The second-order valence-electron chi connectivity index (χ2n) is 15.5. The van der Waals surface area contributed by atoms with E-state index in [9.17, 15) is 20.1 Å². The van der Waals surface area contributed by atoms with E-state index in [1.54, 1.807) is 82.1 Å². The third-order valence-corrected chi connectivity index (χ3v) is 14.3. The van der Waals surface area contributed by atoms with Crippen molar-refractivity contribution in [3.63, 3.8) is 0 Å². The van der Waals surface area contributed by atoms with Gasteiger partial charge in [-0.3, -0.25) is 19.6 Å². The van der Waals surface area contributed by atoms with Crippen LogP contribution in [0.2, 0.25) is 20.1 Å². The number of halogens is 4. The first kappa shape index (κ1) is 48.6. The van der Waals surface area contributed by atoms with Crippen LogP contribution in [-0.4, -0.2) is 80.8 Å². The normalized spacial score (nSPS) is 13.6. The number of rotatable bonds is 15. The Bertz CT molecular complexity index is 2740. The van der Waals surface area contributed by atoms with Gasteiger partial charge < -0.3 is 28.7 Å². The van der Waals surface area contributed by atoms with Crippen LogP contribution in [0.25, 0.3) is 11.1 Å². The van der Waals surface area contributed by atoms with Crippen LogP contribution in [-0.2, 0) is 26.4 Å². The molecule has 0 unspecified atom stereocenters. The predicted octanol–water partition coefficient (Wildman–Crippen LogP) is 11.2. The van der Waals surface area contributed by atoms with Gasteiger partial charge >= 0.3 is 0 Å². The summed E-state index contributed by atoms with van der Waals surface area (Å²) < 4.78 is 25.0. The lowest BCUT2D eigenvalue weighted by atomic mass is 10.0. The van der Waals surface area contributed by atoms with Gasteiger partial charge in [-0.05, 0) is 24.3 Å². The number of hydrogen-bond acceptors (Lipinski definition) is 12. The van der Waals surface area contributed by atoms with E-state index in [4.69, 9.17) is 65.4 Å². The molecule has 4 heterocycles. The molecule has 0 bridgehead atoms. The van der Waals surface area contributed by atoms with Crippen molar-refractivity contribution in [2.45, 2.75) is 26.4 Å². The van der Waals surface area contributed by atoms with Crippen LogP contribution in [0.4, 0.5) is 0 Å². The minimum Gasteiger partial charge on any atom is -0.488 e. The summed E-state index contributed by atoms with van der Waals surface area (Å²) in [7, 11) is 0. The predicted molar refractivity (Wildman–Crippen MR) is 266 cm³/mol. The summed E-state index contributed by atoms with van der Waals surface area (Å²) in [5.74, 6) is 4.00. The van der Waals surface area contributed by atoms with Gasteiger partial charge in [0.1, 0.15) is 61.6 Å². The lowest BCUT2D eigenvalue weighted by Gasteiger charge is -2.27. The molecule has 6 aromatic rings. The van der Waals surface area contributed by atoms with E-state index in [0.29, 0.717) is 91.9 Å². The zero-order valence-electron chi connectivity index (χ0n) is 36.2. The van der Waals surface area contributed by atoms with E-state index in [-0.39, 0.29) is 71.3 Å². The highest BCUT2D eigenvalue weighted by atomic mass is 35.5. The quantitative estimate of drug-likeness (QED) is 0.0963. The van der Waals surface area contributed by atoms with E-state index < -0.39 is 0 Å². The molecule has 0 aliphatic carbocycles. The van der Waals surface area contributed by atoms with E-state index in [1.165, 1.54) is 12.4 Å². The smallest absolute Gasteiger partial charge is 0.257 e. The van der Waals surface area contributed by atoms with Gasteiger partial charge in [0.25, 0.3) is 11.8 Å². The SMILES string of the molecule is N#Cc1cncc(COc2cc(OCc3cccc(-c4cccc(COc5cc(OCc6cncc(C#N)c6)c(C(=O)N6CCSCC6)cc5Cl)c4Cl)c3Cl)c(Cl)cc2C(=O)N2CCSCC2)c1. The van der Waals surface area contributed by atoms with Crippen molar-refractivity contribution in [2.75, 3.05) is 49.2 Å². The highest BCUT2D eigenvalue weighted by Gasteiger charge is 2.26. The van der Waals surface area contributed by atoms with Crippen molar-refractivity contribution in [1.29, 1.82) is 10.5 Å². The lowest BCUT2D eigenvalue weighted by Crippen LogP contribution is -2.38. The maximum atomic E-state index is 13.8. The highest BCUT2D eigenvalue weighted by Crippen LogP contribution is 2.40. The van der Waals surface area contributed by atoms with Gasteiger partial charge in [-0.2, -0.15) is 34.0 Å². The zero-order chi connectivity index (χ0) is 47.6. The summed E-state index contributed by atoms with van der Waals surface area (Å²) in [4.78, 5) is 39.3. The second-order valence-corrected chi connectivity index (χ2v) is 19.5. The molecule has 8 rings (SSSR count). The zero-order valence-corrected chi connectivity index (χ0v) is 40.8. The molecule has 68 heavy (non-hydrogen) atoms. The average Bonchev–Trinajstić information content (AvgIpc) is 3.38. The van der Waals surface area contributed by atoms with Gasteiger partial charge in [0.05, 0.1) is 42.3 Å². The molecule has 2 saturated heterocycles. The largest absolute Gasteiger partial charge is 0.488 e. The van der Waals surface area contributed by atoms with Crippen molar-refractivity contribution in [3.05, 3.63) is 162 Å². The Labute approximate surface area is 422 Å². The Hall–Kier alpha value is -5.84. The van der Waals surface area contributed by atoms with Gasteiger partial charge in [-0.1, -0.05) is 82.8 Å². The molecule has 346 valence electrons. The van der Waals surface area contributed by atoms with Gasteiger partial charge in [0.2, 0.25) is 0 Å². The van der Waals surface area contributed by atoms with Crippen LogP contribution in [0, 0.1) is 22.7 Å². The average molecular weight is 1030 g/mol. The molecule has 0 atom stereocenters. The molecule has 2 aromatic heterocycles. The van der Waals surface area contributed by atoms with Crippen molar-refractivity contribution < 1.29 is 28.5 Å². The third-order valence-electron chi connectivity index (χ3n) is 11.0. The number of carbonyl (C=O) groups excluding carboxylic acids is 2. The Morgan fingerprint density at radius 2 is 0.941 bits per heavy atom. The van der Waals surface area contributed by atoms with Crippen LogP contribution in [0.3, 0.4) is 0 Å². The van der Waals surface area contributed by atoms with E-state index >= 15 is 0 Å². The first-order chi connectivity index (χ1) is 33.1. The minimum atomic E-state index is -0.204. The minimum absolute atomic E-state index is 0.00935. The van der Waals surface area contributed by atoms with Crippen LogP contribution in [0.1, 0.15) is 54.1 Å². The molecule has 0 N–H and O–H groups in total. The number of benzene rings is 4. The molecular weight excluding hydrogens is 987 g/mol. The summed E-state index contributed by atoms with van der Waals surface area (Å²) in [6.45, 7) is 2.51. The Balaban J connectivity index is 1.01. The summed E-state index contributed by atoms with van der Waals surface area (Å²) in [6.07, 6.45) is 6.13. The fourth-order valence-corrected chi connectivity index (χ4v) is 10.2. The third kappa shape index (κ3) is 11.7. The van der Waals surface area contributed by atoms with Crippen molar-refractivity contribution in [2.24, 2.45) is 0 Å². The number of carbonyl (C=O) groups is 2. The van der Waals surface area contributed by atoms with Gasteiger partial charge in [0, 0.05) is 119 Å². The molecular formula is C50H40Cl4N6O6S2. The molecule has 0 radical (unpaired) electrons. The monoisotopic (exact) mass is 1020 g/mol. The molecule has 12 nitrogen and oxygen atoms in total. The topological polar surface area (TPSA) is 151 Å². The summed E-state index contributed by atoms with van der Waals surface area (Å²) in [5.41, 5.74) is 5.23. The highest BCUT2D eigenvalue weighted by molar-refractivity contribution is 7.99. The van der Waals surface area contributed by atoms with Gasteiger partial charge in [-0.25, -0.2) is 0 Å². The van der Waals surface area contributed by atoms with Crippen LogP contribution >= 0.6 is 69.9 Å². The molecule has 2 aliphatic rings. The number of hydrogen-bond donors (Lipinski definition) is 0. The maximum absolute atomic E-state index is 13.8. The molecule has 2 fully saturated rings. The molecule has 0 spiro atoms. The number of aromatic nitrogens is 2. The maximum Gasteiger partial charge on any atom is 0.257 e. The fourth-order valence-electron chi connectivity index (χ4n) is 7.42. The number of nitriles is 2. The van der Waals surface area contributed by atoms with E-state index in [0.717, 1.165) is 23.0 Å². The number of amides is 2. The number of nitrogens with zero attached hydrogens (tertiary/aromatic N) is 6. The summed E-state index contributed by atoms with van der Waals surface area (Å²) in [6, 6.07) is 24.9. The summed E-state index contributed by atoms with van der Waals surface area (Å²) in [5, 5.41) is 20.0. The van der Waals surface area contributed by atoms with Crippen molar-refractivity contribution in [3.8, 4) is 46.3 Å². The standard InChI is InChI=1S/C50H40Cl4N6O6S2/c51-41-17-39(49(61)59-7-11-67-12-8-59)43(63-27-33-15-31(21-55)23-57-25-33)19-45(41)65-29-35-3-1-5-37(47(35)53)38-6-2-4-36(48(38)54)30-66-46-20-44(64-28-34-16-32(22-56)24-58-26-34)40(18-42(46)52)50(62)60-9-13-68-14-10-60/h1-6,15-20,23-26H,7-14,27-30H2. The first-order valence-corrected chi connectivity index (χ1v) is 25.1. The number of thioether (sulfide) groups is 2. The van der Waals surface area contributed by atoms with Gasteiger partial charge in [-0.15, -0.1) is 0 Å². The Kier molecular flexibility index (Phi) is 16.4. The van der Waals surface area contributed by atoms with Crippen molar-refractivity contribution >= 4 is 81.7 Å². The van der Waals surface area contributed by atoms with Crippen LogP contribution < -0.4 is 18.9 Å². The molecule has 4 aromatic carbocycles. The fraction of sp³-hybridized carbons (Fsp3) is 0.240. The lowest BCUT2D eigenvalue weighted by molar-refractivity contribution is 0.0759. The summed E-state index contributed by atoms with van der Waals surface area (Å²) >= 11 is 31.4. The Morgan fingerprint density at radius 3 is 1.34 bits per heavy atom. The molecule has 0 saturated carbocycles. The van der Waals surface area contributed by atoms with Crippen molar-refractivity contribution in [1.82, 2.24) is 19.8 Å². The van der Waals surface area contributed by atoms with E-state index in [2.05, 4.69) is 22.1 Å². The van der Waals surface area contributed by atoms with Crippen LogP contribution in [0.5, 0.6) is 23.0 Å². The first-order valence-electron chi connectivity index (χ1n) is 21.3. The second kappa shape index (κ2) is 23.0. The van der Waals surface area contributed by atoms with Crippen LogP contribution in [0.15, 0.2) is 97.6 Å². The van der Waals surface area contributed by atoms with Gasteiger partial charge in [0.15, 0.2) is 0 Å².